The van der Waals surface area contributed by atoms with Crippen LogP contribution in [0.5, 0.6) is 17.2 Å². The Kier molecular flexibility index (Phi) is 6.73. The van der Waals surface area contributed by atoms with Gasteiger partial charge in [-0.25, -0.2) is 4.98 Å². The molecule has 1 aromatic heterocycles. The molecule has 7 nitrogen and oxygen atoms in total. The highest BCUT2D eigenvalue weighted by Crippen LogP contribution is 2.38. The van der Waals surface area contributed by atoms with Crippen LogP contribution >= 0.6 is 0 Å². The van der Waals surface area contributed by atoms with E-state index in [2.05, 4.69) is 27.4 Å². The monoisotopic (exact) mass is 394 g/mol. The number of nitrogen functional groups attached to an aromatic ring is 1. The van der Waals surface area contributed by atoms with Crippen molar-refractivity contribution in [1.29, 1.82) is 0 Å². The van der Waals surface area contributed by atoms with E-state index >= 15 is 0 Å². The van der Waals surface area contributed by atoms with Crippen LogP contribution in [0.3, 0.4) is 0 Å². The Morgan fingerprint density at radius 3 is 2.21 bits per heavy atom. The minimum Gasteiger partial charge on any atom is -0.493 e. The lowest BCUT2D eigenvalue weighted by atomic mass is 10.1. The van der Waals surface area contributed by atoms with E-state index in [4.69, 9.17) is 19.9 Å². The van der Waals surface area contributed by atoms with Gasteiger partial charge in [0, 0.05) is 24.7 Å². The maximum absolute atomic E-state index is 6.17. The van der Waals surface area contributed by atoms with Crippen molar-refractivity contribution in [2.45, 2.75) is 12.8 Å². The molecule has 0 atom stereocenters. The summed E-state index contributed by atoms with van der Waals surface area (Å²) in [7, 11) is 4.76. The molecule has 152 valence electrons. The van der Waals surface area contributed by atoms with E-state index in [0.29, 0.717) is 35.4 Å². The van der Waals surface area contributed by atoms with E-state index in [-0.39, 0.29) is 0 Å². The maximum atomic E-state index is 6.17. The Hall–Kier alpha value is -3.48. The van der Waals surface area contributed by atoms with Crippen LogP contribution in [0.1, 0.15) is 16.7 Å². The average Bonchev–Trinajstić information content (AvgIpc) is 2.75. The van der Waals surface area contributed by atoms with E-state index in [1.165, 1.54) is 5.56 Å². The Morgan fingerprint density at radius 1 is 0.931 bits per heavy atom. The van der Waals surface area contributed by atoms with Gasteiger partial charge in [-0.3, -0.25) is 0 Å². The van der Waals surface area contributed by atoms with Gasteiger partial charge in [0.25, 0.3) is 0 Å². The van der Waals surface area contributed by atoms with Crippen molar-refractivity contribution in [3.8, 4) is 17.2 Å². The van der Waals surface area contributed by atoms with Crippen LogP contribution in [0, 0.1) is 0 Å². The number of nitrogens with zero attached hydrogens (tertiary/aromatic N) is 2. The number of benzene rings is 2. The molecule has 29 heavy (non-hydrogen) atoms. The number of anilines is 2. The molecule has 1 heterocycles. The first-order valence-corrected chi connectivity index (χ1v) is 9.32. The van der Waals surface area contributed by atoms with Gasteiger partial charge >= 0.3 is 0 Å². The molecule has 3 aromatic rings. The minimum atomic E-state index is 0.441. The molecule has 0 spiro atoms. The van der Waals surface area contributed by atoms with Crippen molar-refractivity contribution in [3.63, 3.8) is 0 Å². The molecule has 0 radical (unpaired) electrons. The topological polar surface area (TPSA) is 91.5 Å². The lowest BCUT2D eigenvalue weighted by Gasteiger charge is -2.14. The number of nitrogens with two attached hydrogens (primary N) is 1. The molecule has 3 N–H and O–H groups in total. The van der Waals surface area contributed by atoms with Crippen LogP contribution < -0.4 is 25.3 Å². The zero-order valence-electron chi connectivity index (χ0n) is 16.9. The molecule has 0 aliphatic rings. The Labute approximate surface area is 170 Å². The first kappa shape index (κ1) is 20.3. The van der Waals surface area contributed by atoms with E-state index < -0.39 is 0 Å². The minimum absolute atomic E-state index is 0.441. The molecule has 0 saturated heterocycles. The third-order valence-corrected chi connectivity index (χ3v) is 4.56. The molecule has 0 aliphatic heterocycles. The summed E-state index contributed by atoms with van der Waals surface area (Å²) in [6.45, 7) is 0.732. The van der Waals surface area contributed by atoms with Crippen molar-refractivity contribution in [1.82, 2.24) is 9.97 Å². The zero-order valence-corrected chi connectivity index (χ0v) is 16.9. The van der Waals surface area contributed by atoms with E-state index in [1.807, 2.05) is 30.3 Å². The smallest absolute Gasteiger partial charge is 0.224 e. The predicted molar refractivity (Wildman–Crippen MR) is 114 cm³/mol. The lowest BCUT2D eigenvalue weighted by Crippen LogP contribution is -2.10. The Balaban J connectivity index is 1.69. The molecule has 7 heteroatoms. The molecule has 0 amide bonds. The van der Waals surface area contributed by atoms with Gasteiger partial charge < -0.3 is 25.3 Å². The number of ether oxygens (including phenoxy) is 3. The molecule has 0 unspecified atom stereocenters. The fourth-order valence-electron chi connectivity index (χ4n) is 3.06. The molecule has 0 fully saturated rings. The summed E-state index contributed by atoms with van der Waals surface area (Å²) in [5, 5.41) is 3.22. The number of methoxy groups -OCH3 is 3. The van der Waals surface area contributed by atoms with E-state index in [0.717, 1.165) is 24.1 Å². The molecule has 0 aliphatic carbocycles. The van der Waals surface area contributed by atoms with Gasteiger partial charge in [-0.1, -0.05) is 30.3 Å². The first-order valence-electron chi connectivity index (χ1n) is 9.32. The number of aromatic nitrogens is 2. The van der Waals surface area contributed by atoms with Gasteiger partial charge in [0.2, 0.25) is 11.7 Å². The van der Waals surface area contributed by atoms with Gasteiger partial charge in [-0.2, -0.15) is 4.98 Å². The fraction of sp³-hybridized carbons (Fsp3) is 0.273. The summed E-state index contributed by atoms with van der Waals surface area (Å²) in [6.07, 6.45) is 3.18. The maximum Gasteiger partial charge on any atom is 0.224 e. The van der Waals surface area contributed by atoms with Gasteiger partial charge in [-0.15, -0.1) is 0 Å². The van der Waals surface area contributed by atoms with Crippen molar-refractivity contribution < 1.29 is 14.2 Å². The van der Waals surface area contributed by atoms with E-state index in [9.17, 15) is 0 Å². The highest BCUT2D eigenvalue weighted by Gasteiger charge is 2.14. The lowest BCUT2D eigenvalue weighted by molar-refractivity contribution is 0.324. The summed E-state index contributed by atoms with van der Waals surface area (Å²) in [4.78, 5) is 8.78. The highest BCUT2D eigenvalue weighted by molar-refractivity contribution is 5.55. The normalized spacial score (nSPS) is 10.4. The second-order valence-corrected chi connectivity index (χ2v) is 6.48. The summed E-state index contributed by atoms with van der Waals surface area (Å²) in [5.41, 5.74) is 9.21. The van der Waals surface area contributed by atoms with Crippen LogP contribution in [0.2, 0.25) is 0 Å². The number of hydrogen-bond acceptors (Lipinski definition) is 7. The molecular formula is C22H26N4O3. The standard InChI is InChI=1S/C22H26N4O3/c1-27-18-12-16(13-19(28-2)20(18)29-3)11-17-14-25-22(26-21(17)23)24-10-9-15-7-5-4-6-8-15/h4-8,12-14H,9-11H2,1-3H3,(H3,23,24,25,26). The molecular weight excluding hydrogens is 368 g/mol. The van der Waals surface area contributed by atoms with Crippen LogP contribution in [0.4, 0.5) is 11.8 Å². The van der Waals surface area contributed by atoms with Crippen LogP contribution in [0.25, 0.3) is 0 Å². The fourth-order valence-corrected chi connectivity index (χ4v) is 3.06. The quantitative estimate of drug-likeness (QED) is 0.575. The second-order valence-electron chi connectivity index (χ2n) is 6.48. The molecule has 0 saturated carbocycles. The number of rotatable bonds is 9. The molecule has 3 rings (SSSR count). The SMILES string of the molecule is COc1cc(Cc2cnc(NCCc3ccccc3)nc2N)cc(OC)c1OC. The summed E-state index contributed by atoms with van der Waals surface area (Å²) in [6, 6.07) is 14.0. The Bertz CT molecular complexity index is 923. The van der Waals surface area contributed by atoms with Crippen LogP contribution in [0.15, 0.2) is 48.7 Å². The zero-order chi connectivity index (χ0) is 20.6. The van der Waals surface area contributed by atoms with Crippen LogP contribution in [-0.4, -0.2) is 37.8 Å². The molecule has 0 bridgehead atoms. The number of hydrogen-bond donors (Lipinski definition) is 2. The first-order chi connectivity index (χ1) is 14.1. The van der Waals surface area contributed by atoms with E-state index in [1.54, 1.807) is 27.5 Å². The van der Waals surface area contributed by atoms with Gasteiger partial charge in [0.05, 0.1) is 21.3 Å². The average molecular weight is 394 g/mol. The van der Waals surface area contributed by atoms with Crippen molar-refractivity contribution in [2.24, 2.45) is 0 Å². The third-order valence-electron chi connectivity index (χ3n) is 4.56. The summed E-state index contributed by atoms with van der Waals surface area (Å²) < 4.78 is 16.2. The van der Waals surface area contributed by atoms with Gasteiger partial charge in [0.1, 0.15) is 5.82 Å². The predicted octanol–water partition coefficient (Wildman–Crippen LogP) is 3.33. The summed E-state index contributed by atoms with van der Waals surface area (Å²) in [5.74, 6) is 2.71. The second kappa shape index (κ2) is 9.64. The highest BCUT2D eigenvalue weighted by atomic mass is 16.5. The molecule has 2 aromatic carbocycles. The Morgan fingerprint density at radius 2 is 1.62 bits per heavy atom. The van der Waals surface area contributed by atoms with Crippen LogP contribution in [-0.2, 0) is 12.8 Å². The third kappa shape index (κ3) is 5.07. The van der Waals surface area contributed by atoms with Crippen molar-refractivity contribution >= 4 is 11.8 Å². The van der Waals surface area contributed by atoms with Gasteiger partial charge in [0.15, 0.2) is 11.5 Å². The summed E-state index contributed by atoms with van der Waals surface area (Å²) >= 11 is 0. The number of nitrogens with one attached hydrogen (secondary N) is 1. The van der Waals surface area contributed by atoms with Crippen molar-refractivity contribution in [3.05, 3.63) is 65.4 Å². The largest absolute Gasteiger partial charge is 0.493 e. The van der Waals surface area contributed by atoms with Gasteiger partial charge in [-0.05, 0) is 29.7 Å². The van der Waals surface area contributed by atoms with Crippen molar-refractivity contribution in [2.75, 3.05) is 38.9 Å².